The molecule has 2 aliphatic carbocycles. The van der Waals surface area contributed by atoms with Gasteiger partial charge in [0.05, 0.1) is 24.9 Å². The van der Waals surface area contributed by atoms with Crippen LogP contribution in [0.3, 0.4) is 0 Å². The van der Waals surface area contributed by atoms with Crippen molar-refractivity contribution >= 4 is 15.8 Å². The van der Waals surface area contributed by atoms with Crippen LogP contribution in [-0.4, -0.2) is 39.6 Å². The van der Waals surface area contributed by atoms with Crippen molar-refractivity contribution in [3.63, 3.8) is 0 Å². The van der Waals surface area contributed by atoms with E-state index in [1.54, 1.807) is 13.0 Å². The molecule has 0 heterocycles. The van der Waals surface area contributed by atoms with Gasteiger partial charge in [0, 0.05) is 23.4 Å². The lowest BCUT2D eigenvalue weighted by Crippen LogP contribution is -2.08. The highest BCUT2D eigenvalue weighted by molar-refractivity contribution is 7.90. The molecular weight excluding hydrogens is 554 g/mol. The third-order valence-corrected chi connectivity index (χ3v) is 8.28. The van der Waals surface area contributed by atoms with Gasteiger partial charge >= 0.3 is 5.97 Å². The van der Waals surface area contributed by atoms with Gasteiger partial charge in [-0.05, 0) is 80.5 Å². The highest BCUT2D eigenvalue weighted by Gasteiger charge is 2.45. The third-order valence-electron chi connectivity index (χ3n) is 7.25. The van der Waals surface area contributed by atoms with E-state index < -0.39 is 27.6 Å². The zero-order valence-electron chi connectivity index (χ0n) is 22.9. The Kier molecular flexibility index (Phi) is 8.49. The van der Waals surface area contributed by atoms with Gasteiger partial charge in [-0.25, -0.2) is 17.2 Å². The molecule has 0 aliphatic heterocycles. The minimum atomic E-state index is -3.11. The van der Waals surface area contributed by atoms with Crippen LogP contribution in [0.5, 0.6) is 23.0 Å². The van der Waals surface area contributed by atoms with Crippen LogP contribution >= 0.6 is 0 Å². The van der Waals surface area contributed by atoms with E-state index in [0.29, 0.717) is 42.1 Å². The number of halogens is 2. The first-order chi connectivity index (χ1) is 19.6. The summed E-state index contributed by atoms with van der Waals surface area (Å²) >= 11 is 0. The van der Waals surface area contributed by atoms with Crippen molar-refractivity contribution in [2.45, 2.75) is 44.6 Å². The quantitative estimate of drug-likeness (QED) is 0.182. The third kappa shape index (κ3) is 6.98. The molecule has 0 radical (unpaired) electrons. The van der Waals surface area contributed by atoms with E-state index in [2.05, 4.69) is 0 Å². The van der Waals surface area contributed by atoms with Crippen LogP contribution in [-0.2, 0) is 25.8 Å². The molecule has 10 heteroatoms. The lowest BCUT2D eigenvalue weighted by atomic mass is 10.1. The minimum absolute atomic E-state index is 0.00670. The summed E-state index contributed by atoms with van der Waals surface area (Å²) < 4.78 is 74.6. The van der Waals surface area contributed by atoms with Gasteiger partial charge < -0.3 is 18.9 Å². The average molecular weight is 587 g/mol. The molecule has 41 heavy (non-hydrogen) atoms. The van der Waals surface area contributed by atoms with Crippen LogP contribution in [0.1, 0.15) is 54.9 Å². The van der Waals surface area contributed by atoms with Gasteiger partial charge in [0.2, 0.25) is 0 Å². The Morgan fingerprint density at radius 1 is 0.976 bits per heavy atom. The van der Waals surface area contributed by atoms with Gasteiger partial charge in [0.15, 0.2) is 11.6 Å². The number of sulfone groups is 1. The number of rotatable bonds is 12. The molecule has 3 aromatic rings. The number of esters is 1. The lowest BCUT2D eigenvalue weighted by Gasteiger charge is -2.17. The summed E-state index contributed by atoms with van der Waals surface area (Å²) in [5.41, 5.74) is 2.13. The van der Waals surface area contributed by atoms with Gasteiger partial charge in [0.1, 0.15) is 39.0 Å². The number of carbonyl (C=O) groups is 1. The molecule has 0 saturated heterocycles. The van der Waals surface area contributed by atoms with Crippen LogP contribution in [0, 0.1) is 17.6 Å². The topological polar surface area (TPSA) is 88.1 Å². The molecule has 0 amide bonds. The standard InChI is InChI=1S/C31H32F2O7S/c1-3-37-31(34)24-18-23(24)19-5-7-20(8-6-19)39-29-13-10-22-27(14-11-25(32)30(22)29)40-21-9-12-28(26(33)17-21)38-15-4-16-41(2,35)36/h5-9,11-12,14,17,23-24,29H,3-4,10,13,15-16,18H2,1-2H3/t23-,24+,29-/m1/s1. The van der Waals surface area contributed by atoms with Gasteiger partial charge in [-0.1, -0.05) is 12.1 Å². The predicted octanol–water partition coefficient (Wildman–Crippen LogP) is 6.30. The number of carbonyl (C=O) groups excluding carboxylic acids is 1. The van der Waals surface area contributed by atoms with Crippen molar-refractivity contribution in [2.24, 2.45) is 5.92 Å². The number of fused-ring (bicyclic) bond motifs is 1. The SMILES string of the molecule is CCOC(=O)[C@H]1C[C@@H]1c1ccc(O[C@@H]2CCc3c(Oc4ccc(OCCCS(C)(=O)=O)c(F)c4)ccc(F)c32)cc1. The van der Waals surface area contributed by atoms with Crippen molar-refractivity contribution in [2.75, 3.05) is 25.2 Å². The summed E-state index contributed by atoms with van der Waals surface area (Å²) in [5, 5.41) is 0. The fraction of sp³-hybridized carbons (Fsp3) is 0.387. The van der Waals surface area contributed by atoms with Crippen molar-refractivity contribution in [1.82, 2.24) is 0 Å². The molecular formula is C31H32F2O7S. The monoisotopic (exact) mass is 586 g/mol. The molecule has 0 spiro atoms. The second-order valence-corrected chi connectivity index (χ2v) is 12.6. The molecule has 0 aromatic heterocycles. The molecule has 0 unspecified atom stereocenters. The molecule has 7 nitrogen and oxygen atoms in total. The molecule has 3 aromatic carbocycles. The maximum absolute atomic E-state index is 15.0. The summed E-state index contributed by atoms with van der Waals surface area (Å²) in [6.07, 6.45) is 2.73. The van der Waals surface area contributed by atoms with Crippen LogP contribution in [0.25, 0.3) is 0 Å². The van der Waals surface area contributed by atoms with Crippen molar-refractivity contribution in [3.8, 4) is 23.0 Å². The Morgan fingerprint density at radius 3 is 2.41 bits per heavy atom. The van der Waals surface area contributed by atoms with Gasteiger partial charge in [0.25, 0.3) is 0 Å². The Bertz CT molecular complexity index is 1520. The van der Waals surface area contributed by atoms with Gasteiger partial charge in [-0.2, -0.15) is 0 Å². The van der Waals surface area contributed by atoms with E-state index in [-0.39, 0.29) is 48.1 Å². The summed E-state index contributed by atoms with van der Waals surface area (Å²) in [4.78, 5) is 12.0. The van der Waals surface area contributed by atoms with E-state index >= 15 is 0 Å². The first-order valence-corrected chi connectivity index (χ1v) is 15.7. The van der Waals surface area contributed by atoms with Crippen LogP contribution < -0.4 is 14.2 Å². The van der Waals surface area contributed by atoms with Gasteiger partial charge in [-0.15, -0.1) is 0 Å². The van der Waals surface area contributed by atoms with E-state index in [0.717, 1.165) is 18.2 Å². The fourth-order valence-electron chi connectivity index (χ4n) is 5.18. The molecule has 0 N–H and O–H groups in total. The van der Waals surface area contributed by atoms with Gasteiger partial charge in [-0.3, -0.25) is 4.79 Å². The smallest absolute Gasteiger partial charge is 0.309 e. The average Bonchev–Trinajstić information content (AvgIpc) is 3.62. The first kappa shape index (κ1) is 28.9. The maximum Gasteiger partial charge on any atom is 0.309 e. The van der Waals surface area contributed by atoms with Crippen molar-refractivity contribution < 1.29 is 40.9 Å². The normalized spacial score (nSPS) is 19.4. The number of hydrogen-bond donors (Lipinski definition) is 0. The summed E-state index contributed by atoms with van der Waals surface area (Å²) in [6, 6.07) is 14.5. The largest absolute Gasteiger partial charge is 0.490 e. The molecule has 3 atom stereocenters. The molecule has 1 fully saturated rings. The van der Waals surface area contributed by atoms with Crippen LogP contribution in [0.2, 0.25) is 0 Å². The Hall–Kier alpha value is -3.66. The zero-order valence-corrected chi connectivity index (χ0v) is 23.7. The second-order valence-electron chi connectivity index (χ2n) is 10.4. The van der Waals surface area contributed by atoms with E-state index in [4.69, 9.17) is 18.9 Å². The number of ether oxygens (including phenoxy) is 4. The summed E-state index contributed by atoms with van der Waals surface area (Å²) in [7, 11) is -3.11. The highest BCUT2D eigenvalue weighted by atomic mass is 32.2. The zero-order chi connectivity index (χ0) is 29.1. The minimum Gasteiger partial charge on any atom is -0.490 e. The predicted molar refractivity (Wildman–Crippen MR) is 148 cm³/mol. The Morgan fingerprint density at radius 2 is 1.71 bits per heavy atom. The van der Waals surface area contributed by atoms with E-state index in [1.807, 2.05) is 24.3 Å². The van der Waals surface area contributed by atoms with E-state index in [1.165, 1.54) is 24.3 Å². The van der Waals surface area contributed by atoms with Crippen LogP contribution in [0.4, 0.5) is 8.78 Å². The fourth-order valence-corrected chi connectivity index (χ4v) is 5.82. The second kappa shape index (κ2) is 12.1. The summed E-state index contributed by atoms with van der Waals surface area (Å²) in [6.45, 7) is 2.23. The van der Waals surface area contributed by atoms with Crippen molar-refractivity contribution in [1.29, 1.82) is 0 Å². The molecule has 0 bridgehead atoms. The summed E-state index contributed by atoms with van der Waals surface area (Å²) in [5.74, 6) is 0.0346. The van der Waals surface area contributed by atoms with E-state index in [9.17, 15) is 22.0 Å². The Labute approximate surface area is 238 Å². The maximum atomic E-state index is 15.0. The van der Waals surface area contributed by atoms with Crippen LogP contribution in [0.15, 0.2) is 54.6 Å². The number of benzene rings is 3. The first-order valence-electron chi connectivity index (χ1n) is 13.7. The number of hydrogen-bond acceptors (Lipinski definition) is 7. The molecule has 2 aliphatic rings. The molecule has 1 saturated carbocycles. The Balaban J connectivity index is 1.22. The molecule has 5 rings (SSSR count). The lowest BCUT2D eigenvalue weighted by molar-refractivity contribution is -0.144. The highest BCUT2D eigenvalue weighted by Crippen LogP contribution is 2.49. The van der Waals surface area contributed by atoms with Crippen molar-refractivity contribution in [3.05, 3.63) is 82.9 Å². The molecule has 218 valence electrons.